The van der Waals surface area contributed by atoms with Crippen LogP contribution in [0, 0.1) is 0 Å². The predicted octanol–water partition coefficient (Wildman–Crippen LogP) is 0.864. The monoisotopic (exact) mass is 247 g/mol. The molecule has 1 aliphatic rings. The lowest BCUT2D eigenvalue weighted by Gasteiger charge is -2.09. The van der Waals surface area contributed by atoms with Crippen LogP contribution >= 0.6 is 0 Å². The Morgan fingerprint density at radius 1 is 1.39 bits per heavy atom. The van der Waals surface area contributed by atoms with Crippen LogP contribution in [0.5, 0.6) is 0 Å². The summed E-state index contributed by atoms with van der Waals surface area (Å²) in [5, 5.41) is 5.56. The summed E-state index contributed by atoms with van der Waals surface area (Å²) in [7, 11) is 0. The molecule has 0 saturated heterocycles. The van der Waals surface area contributed by atoms with Crippen molar-refractivity contribution >= 4 is 17.5 Å². The fourth-order valence-electron chi connectivity index (χ4n) is 1.49. The van der Waals surface area contributed by atoms with Crippen LogP contribution in [0.1, 0.15) is 30.1 Å². The van der Waals surface area contributed by atoms with Crippen LogP contribution in [0.25, 0.3) is 0 Å². The first-order valence-electron chi connectivity index (χ1n) is 6.03. The van der Waals surface area contributed by atoms with Gasteiger partial charge in [0, 0.05) is 17.3 Å². The van der Waals surface area contributed by atoms with E-state index in [0.29, 0.717) is 17.3 Å². The van der Waals surface area contributed by atoms with Crippen molar-refractivity contribution in [3.05, 3.63) is 29.8 Å². The maximum absolute atomic E-state index is 11.8. The molecular formula is C13H17N3O2. The van der Waals surface area contributed by atoms with E-state index in [-0.39, 0.29) is 11.8 Å². The molecule has 0 heterocycles. The summed E-state index contributed by atoms with van der Waals surface area (Å²) in [5.74, 6) is -0.371. The highest BCUT2D eigenvalue weighted by Gasteiger charge is 2.23. The maximum atomic E-state index is 11.8. The number of carbonyl (C=O) groups is 2. The largest absolute Gasteiger partial charge is 0.349 e. The molecule has 1 atom stereocenters. The summed E-state index contributed by atoms with van der Waals surface area (Å²) < 4.78 is 0. The Hall–Kier alpha value is -1.88. The van der Waals surface area contributed by atoms with Gasteiger partial charge in [0.15, 0.2) is 0 Å². The Bertz CT molecular complexity index is 467. The second-order valence-electron chi connectivity index (χ2n) is 4.61. The highest BCUT2D eigenvalue weighted by molar-refractivity contribution is 5.98. The Labute approximate surface area is 106 Å². The van der Waals surface area contributed by atoms with Crippen molar-refractivity contribution in [3.8, 4) is 0 Å². The van der Waals surface area contributed by atoms with E-state index in [1.54, 1.807) is 31.2 Å². The number of nitrogens with two attached hydrogens (primary N) is 1. The van der Waals surface area contributed by atoms with E-state index in [4.69, 9.17) is 5.73 Å². The molecule has 0 bridgehead atoms. The van der Waals surface area contributed by atoms with Gasteiger partial charge in [-0.3, -0.25) is 9.59 Å². The van der Waals surface area contributed by atoms with E-state index in [9.17, 15) is 9.59 Å². The molecule has 5 heteroatoms. The minimum absolute atomic E-state index is 0.102. The molecule has 18 heavy (non-hydrogen) atoms. The first-order chi connectivity index (χ1) is 8.56. The molecule has 4 N–H and O–H groups in total. The number of hydrogen-bond acceptors (Lipinski definition) is 3. The lowest BCUT2D eigenvalue weighted by atomic mass is 10.2. The second kappa shape index (κ2) is 5.18. The highest BCUT2D eigenvalue weighted by Crippen LogP contribution is 2.20. The average molecular weight is 247 g/mol. The fraction of sp³-hybridized carbons (Fsp3) is 0.385. The van der Waals surface area contributed by atoms with Crippen LogP contribution in [-0.4, -0.2) is 23.9 Å². The second-order valence-corrected chi connectivity index (χ2v) is 4.61. The van der Waals surface area contributed by atoms with E-state index >= 15 is 0 Å². The minimum Gasteiger partial charge on any atom is -0.349 e. The molecule has 1 aliphatic carbocycles. The third-order valence-corrected chi connectivity index (χ3v) is 2.72. The molecule has 1 saturated carbocycles. The summed E-state index contributed by atoms with van der Waals surface area (Å²) in [6.45, 7) is 1.61. The summed E-state index contributed by atoms with van der Waals surface area (Å²) >= 11 is 0. The normalized spacial score (nSPS) is 15.9. The number of benzene rings is 1. The van der Waals surface area contributed by atoms with Crippen LogP contribution < -0.4 is 16.4 Å². The first-order valence-corrected chi connectivity index (χ1v) is 6.03. The van der Waals surface area contributed by atoms with Gasteiger partial charge in [0.05, 0.1) is 6.04 Å². The van der Waals surface area contributed by atoms with Gasteiger partial charge in [-0.1, -0.05) is 6.07 Å². The van der Waals surface area contributed by atoms with E-state index in [2.05, 4.69) is 10.6 Å². The Balaban J connectivity index is 2.04. The molecule has 0 spiro atoms. The standard InChI is InChI=1S/C13H17N3O2/c1-8(14)12(17)16-11-4-2-3-9(7-11)13(18)15-10-5-6-10/h2-4,7-8,10H,5-6,14H2,1H3,(H,15,18)(H,16,17)/t8-/m1/s1. The Morgan fingerprint density at radius 3 is 2.72 bits per heavy atom. The van der Waals surface area contributed by atoms with Gasteiger partial charge >= 0.3 is 0 Å². The molecule has 0 aliphatic heterocycles. The van der Waals surface area contributed by atoms with Crippen molar-refractivity contribution in [2.24, 2.45) is 5.73 Å². The molecule has 1 aromatic rings. The summed E-state index contributed by atoms with van der Waals surface area (Å²) in [6, 6.07) is 6.58. The molecule has 0 radical (unpaired) electrons. The van der Waals surface area contributed by atoms with Gasteiger partial charge in [-0.15, -0.1) is 0 Å². The van der Waals surface area contributed by atoms with E-state index < -0.39 is 6.04 Å². The smallest absolute Gasteiger partial charge is 0.251 e. The lowest BCUT2D eigenvalue weighted by Crippen LogP contribution is -2.32. The van der Waals surface area contributed by atoms with Crippen LogP contribution in [-0.2, 0) is 4.79 Å². The maximum Gasteiger partial charge on any atom is 0.251 e. The number of carbonyl (C=O) groups excluding carboxylic acids is 2. The minimum atomic E-state index is -0.575. The predicted molar refractivity (Wildman–Crippen MR) is 69.2 cm³/mol. The average Bonchev–Trinajstić information content (AvgIpc) is 3.13. The van der Waals surface area contributed by atoms with Gasteiger partial charge in [-0.05, 0) is 38.0 Å². The van der Waals surface area contributed by atoms with Crippen LogP contribution in [0.2, 0.25) is 0 Å². The summed E-state index contributed by atoms with van der Waals surface area (Å²) in [6.07, 6.45) is 2.10. The van der Waals surface area contributed by atoms with Crippen molar-refractivity contribution in [1.29, 1.82) is 0 Å². The number of amides is 2. The number of hydrogen-bond donors (Lipinski definition) is 3. The van der Waals surface area contributed by atoms with Crippen molar-refractivity contribution in [3.63, 3.8) is 0 Å². The van der Waals surface area contributed by atoms with Gasteiger partial charge in [0.25, 0.3) is 5.91 Å². The zero-order valence-corrected chi connectivity index (χ0v) is 10.3. The van der Waals surface area contributed by atoms with Gasteiger partial charge in [0.2, 0.25) is 5.91 Å². The lowest BCUT2D eigenvalue weighted by molar-refractivity contribution is -0.117. The number of nitrogens with one attached hydrogen (secondary N) is 2. The van der Waals surface area contributed by atoms with Gasteiger partial charge < -0.3 is 16.4 Å². The summed E-state index contributed by atoms with van der Waals surface area (Å²) in [4.78, 5) is 23.3. The molecule has 1 fully saturated rings. The molecule has 2 amide bonds. The molecule has 96 valence electrons. The van der Waals surface area contributed by atoms with Gasteiger partial charge in [-0.2, -0.15) is 0 Å². The van der Waals surface area contributed by atoms with Crippen LogP contribution in [0.3, 0.4) is 0 Å². The molecule has 0 aromatic heterocycles. The van der Waals surface area contributed by atoms with Crippen molar-refractivity contribution in [1.82, 2.24) is 5.32 Å². The molecule has 0 unspecified atom stereocenters. The summed E-state index contributed by atoms with van der Waals surface area (Å²) in [5.41, 5.74) is 6.59. The third kappa shape index (κ3) is 3.30. The van der Waals surface area contributed by atoms with E-state index in [0.717, 1.165) is 12.8 Å². The zero-order valence-electron chi connectivity index (χ0n) is 10.3. The van der Waals surface area contributed by atoms with Gasteiger partial charge in [-0.25, -0.2) is 0 Å². The third-order valence-electron chi connectivity index (χ3n) is 2.72. The van der Waals surface area contributed by atoms with Crippen molar-refractivity contribution < 1.29 is 9.59 Å². The SMILES string of the molecule is C[C@@H](N)C(=O)Nc1cccc(C(=O)NC2CC2)c1. The topological polar surface area (TPSA) is 84.2 Å². The van der Waals surface area contributed by atoms with Gasteiger partial charge in [0.1, 0.15) is 0 Å². The fourth-order valence-corrected chi connectivity index (χ4v) is 1.49. The molecule has 1 aromatic carbocycles. The first kappa shape index (κ1) is 12.6. The van der Waals surface area contributed by atoms with Crippen LogP contribution in [0.4, 0.5) is 5.69 Å². The molecule has 2 rings (SSSR count). The highest BCUT2D eigenvalue weighted by atomic mass is 16.2. The van der Waals surface area contributed by atoms with E-state index in [1.807, 2.05) is 0 Å². The molecule has 5 nitrogen and oxygen atoms in total. The van der Waals surface area contributed by atoms with Crippen molar-refractivity contribution in [2.45, 2.75) is 31.8 Å². The van der Waals surface area contributed by atoms with Crippen molar-refractivity contribution in [2.75, 3.05) is 5.32 Å². The Kier molecular flexibility index (Phi) is 3.62. The Morgan fingerprint density at radius 2 is 2.11 bits per heavy atom. The van der Waals surface area contributed by atoms with E-state index in [1.165, 1.54) is 0 Å². The quantitative estimate of drug-likeness (QED) is 0.738. The number of anilines is 1. The number of rotatable bonds is 4. The molecular weight excluding hydrogens is 230 g/mol. The zero-order chi connectivity index (χ0) is 13.1. The van der Waals surface area contributed by atoms with Crippen LogP contribution in [0.15, 0.2) is 24.3 Å².